The molecule has 0 saturated heterocycles. The van der Waals surface area contributed by atoms with Crippen LogP contribution in [0.1, 0.15) is 22.5 Å². The fourth-order valence-corrected chi connectivity index (χ4v) is 4.05. The zero-order valence-electron chi connectivity index (χ0n) is 17.9. The molecule has 5 rings (SSSR count). The second-order valence-corrected chi connectivity index (χ2v) is 7.49. The molecule has 0 N–H and O–H groups in total. The van der Waals surface area contributed by atoms with Crippen molar-refractivity contribution in [2.75, 3.05) is 0 Å². The summed E-state index contributed by atoms with van der Waals surface area (Å²) in [6, 6.07) is 30.1. The zero-order valence-corrected chi connectivity index (χ0v) is 17.9. The SMILES string of the molecule is Cc1nccn1C(=O)Oc1cnn(C(c2ccccc2)(c2ccccc2)c2ccccc2)n1. The van der Waals surface area contributed by atoms with Gasteiger partial charge in [-0.3, -0.25) is 0 Å². The van der Waals surface area contributed by atoms with Crippen LogP contribution in [0.4, 0.5) is 4.79 Å². The van der Waals surface area contributed by atoms with Crippen molar-refractivity contribution in [3.8, 4) is 5.88 Å². The summed E-state index contributed by atoms with van der Waals surface area (Å²) in [5.74, 6) is 0.625. The van der Waals surface area contributed by atoms with E-state index in [2.05, 4.69) is 15.2 Å². The average molecular weight is 435 g/mol. The summed E-state index contributed by atoms with van der Waals surface area (Å²) in [5.41, 5.74) is 2.04. The van der Waals surface area contributed by atoms with Gasteiger partial charge in [0.25, 0.3) is 5.88 Å². The quantitative estimate of drug-likeness (QED) is 0.375. The lowest BCUT2D eigenvalue weighted by Gasteiger charge is -2.34. The highest BCUT2D eigenvalue weighted by Gasteiger charge is 2.40. The van der Waals surface area contributed by atoms with Gasteiger partial charge >= 0.3 is 6.09 Å². The van der Waals surface area contributed by atoms with Gasteiger partial charge in [-0.25, -0.2) is 14.3 Å². The van der Waals surface area contributed by atoms with Gasteiger partial charge < -0.3 is 4.74 Å². The number of nitrogens with zero attached hydrogens (tertiary/aromatic N) is 5. The van der Waals surface area contributed by atoms with Crippen LogP contribution < -0.4 is 4.74 Å². The summed E-state index contributed by atoms with van der Waals surface area (Å²) >= 11 is 0. The Hall–Kier alpha value is -4.52. The van der Waals surface area contributed by atoms with Crippen molar-refractivity contribution in [2.24, 2.45) is 0 Å². The standard InChI is InChI=1S/C26H21N5O2/c1-20-27-17-18-30(20)25(32)33-24-19-28-31(29-24)26(21-11-5-2-6-12-21,22-13-7-3-8-14-22)23-15-9-4-10-16-23/h2-19H,1H3. The Morgan fingerprint density at radius 1 is 0.818 bits per heavy atom. The Labute approximate surface area is 190 Å². The summed E-state index contributed by atoms with van der Waals surface area (Å²) in [5, 5.41) is 9.20. The van der Waals surface area contributed by atoms with Crippen molar-refractivity contribution >= 4 is 6.09 Å². The number of hydrogen-bond donors (Lipinski definition) is 0. The fourth-order valence-electron chi connectivity index (χ4n) is 4.05. The number of ether oxygens (including phenoxy) is 1. The Morgan fingerprint density at radius 2 is 1.33 bits per heavy atom. The van der Waals surface area contributed by atoms with Gasteiger partial charge in [-0.2, -0.15) is 9.90 Å². The highest BCUT2D eigenvalue weighted by atomic mass is 16.6. The van der Waals surface area contributed by atoms with Crippen molar-refractivity contribution in [3.63, 3.8) is 0 Å². The van der Waals surface area contributed by atoms with Gasteiger partial charge in [0.1, 0.15) is 12.0 Å². The number of aromatic nitrogens is 5. The maximum atomic E-state index is 12.6. The van der Waals surface area contributed by atoms with Crippen LogP contribution in [0.3, 0.4) is 0 Å². The monoisotopic (exact) mass is 435 g/mol. The molecular formula is C26H21N5O2. The minimum absolute atomic E-state index is 0.0975. The molecule has 2 aromatic heterocycles. The van der Waals surface area contributed by atoms with Crippen molar-refractivity contribution in [1.82, 2.24) is 24.5 Å². The molecule has 7 heteroatoms. The summed E-state index contributed by atoms with van der Waals surface area (Å²) < 4.78 is 6.83. The third kappa shape index (κ3) is 3.59. The number of aryl methyl sites for hydroxylation is 1. The highest BCUT2D eigenvalue weighted by molar-refractivity contribution is 5.73. The molecule has 7 nitrogen and oxygen atoms in total. The Balaban J connectivity index is 1.68. The molecule has 0 atom stereocenters. The second-order valence-electron chi connectivity index (χ2n) is 7.49. The van der Waals surface area contributed by atoms with E-state index in [1.54, 1.807) is 24.1 Å². The first-order valence-electron chi connectivity index (χ1n) is 10.5. The third-order valence-corrected chi connectivity index (χ3v) is 5.56. The lowest BCUT2D eigenvalue weighted by Crippen LogP contribution is -2.39. The number of imidazole rings is 1. The third-order valence-electron chi connectivity index (χ3n) is 5.56. The van der Waals surface area contributed by atoms with Gasteiger partial charge in [-0.05, 0) is 23.6 Å². The first-order chi connectivity index (χ1) is 16.2. The van der Waals surface area contributed by atoms with Crippen molar-refractivity contribution in [3.05, 3.63) is 132 Å². The molecule has 0 saturated carbocycles. The summed E-state index contributed by atoms with van der Waals surface area (Å²) in [6.45, 7) is 1.73. The van der Waals surface area contributed by atoms with Crippen LogP contribution in [0.15, 0.2) is 110 Å². The molecule has 0 bridgehead atoms. The predicted molar refractivity (Wildman–Crippen MR) is 123 cm³/mol. The van der Waals surface area contributed by atoms with E-state index in [1.165, 1.54) is 10.8 Å². The minimum atomic E-state index is -0.876. The van der Waals surface area contributed by atoms with Gasteiger partial charge in [0.15, 0.2) is 5.54 Å². The summed E-state index contributed by atoms with van der Waals surface area (Å²) in [4.78, 5) is 18.3. The van der Waals surface area contributed by atoms with Gasteiger partial charge in [0.05, 0.1) is 0 Å². The second kappa shape index (κ2) is 8.55. The Kier molecular flexibility index (Phi) is 5.28. The highest BCUT2D eigenvalue weighted by Crippen LogP contribution is 2.39. The normalized spacial score (nSPS) is 11.3. The summed E-state index contributed by atoms with van der Waals surface area (Å²) in [6.07, 6.45) is 3.94. The van der Waals surface area contributed by atoms with Crippen LogP contribution >= 0.6 is 0 Å². The first kappa shape index (κ1) is 20.4. The zero-order chi connectivity index (χ0) is 22.7. The van der Waals surface area contributed by atoms with E-state index >= 15 is 0 Å². The molecule has 0 aliphatic heterocycles. The van der Waals surface area contributed by atoms with Crippen LogP contribution in [-0.4, -0.2) is 30.6 Å². The molecule has 33 heavy (non-hydrogen) atoms. The molecule has 0 unspecified atom stereocenters. The molecule has 162 valence electrons. The van der Waals surface area contributed by atoms with Crippen molar-refractivity contribution in [1.29, 1.82) is 0 Å². The Morgan fingerprint density at radius 3 is 1.79 bits per heavy atom. The number of carbonyl (C=O) groups is 1. The van der Waals surface area contributed by atoms with Gasteiger partial charge in [0.2, 0.25) is 0 Å². The van der Waals surface area contributed by atoms with Crippen molar-refractivity contribution in [2.45, 2.75) is 12.5 Å². The smallest absolute Gasteiger partial charge is 0.387 e. The number of hydrogen-bond acceptors (Lipinski definition) is 5. The molecule has 0 fully saturated rings. The van der Waals surface area contributed by atoms with Gasteiger partial charge in [0, 0.05) is 12.4 Å². The topological polar surface area (TPSA) is 74.8 Å². The molecule has 2 heterocycles. The average Bonchev–Trinajstić information content (AvgIpc) is 3.51. The fraction of sp³-hybridized carbons (Fsp3) is 0.0769. The molecular weight excluding hydrogens is 414 g/mol. The minimum Gasteiger partial charge on any atom is -0.387 e. The van der Waals surface area contributed by atoms with E-state index in [4.69, 9.17) is 4.74 Å². The van der Waals surface area contributed by atoms with Gasteiger partial charge in [-0.1, -0.05) is 91.0 Å². The maximum absolute atomic E-state index is 12.6. The Bertz CT molecular complexity index is 1260. The largest absolute Gasteiger partial charge is 0.426 e. The number of benzene rings is 3. The number of carbonyl (C=O) groups excluding carboxylic acids is 1. The number of rotatable bonds is 5. The lowest BCUT2D eigenvalue weighted by molar-refractivity contribution is 0.199. The van der Waals surface area contributed by atoms with E-state index in [0.717, 1.165) is 16.7 Å². The maximum Gasteiger partial charge on any atom is 0.426 e. The van der Waals surface area contributed by atoms with E-state index < -0.39 is 11.6 Å². The van der Waals surface area contributed by atoms with Crippen LogP contribution in [0.2, 0.25) is 0 Å². The molecule has 0 aliphatic rings. The molecule has 3 aromatic carbocycles. The van der Waals surface area contributed by atoms with E-state index in [1.807, 2.05) is 91.0 Å². The van der Waals surface area contributed by atoms with Crippen LogP contribution in [0.5, 0.6) is 5.88 Å². The molecule has 0 aliphatic carbocycles. The van der Waals surface area contributed by atoms with Crippen LogP contribution in [0.25, 0.3) is 0 Å². The van der Waals surface area contributed by atoms with Crippen LogP contribution in [-0.2, 0) is 5.54 Å². The molecule has 0 amide bonds. The summed E-state index contributed by atoms with van der Waals surface area (Å²) in [7, 11) is 0. The van der Waals surface area contributed by atoms with E-state index in [-0.39, 0.29) is 5.88 Å². The first-order valence-corrected chi connectivity index (χ1v) is 10.5. The van der Waals surface area contributed by atoms with E-state index in [0.29, 0.717) is 5.82 Å². The predicted octanol–water partition coefficient (Wildman–Crippen LogP) is 4.67. The van der Waals surface area contributed by atoms with E-state index in [9.17, 15) is 4.79 Å². The molecule has 0 radical (unpaired) electrons. The lowest BCUT2D eigenvalue weighted by atomic mass is 9.77. The van der Waals surface area contributed by atoms with Crippen molar-refractivity contribution < 1.29 is 9.53 Å². The van der Waals surface area contributed by atoms with Gasteiger partial charge in [-0.15, -0.1) is 5.10 Å². The van der Waals surface area contributed by atoms with Crippen LogP contribution in [0, 0.1) is 6.92 Å². The molecule has 0 spiro atoms. The molecule has 5 aromatic rings.